The third-order valence-electron chi connectivity index (χ3n) is 5.84. The molecule has 2 aliphatic rings. The van der Waals surface area contributed by atoms with Gasteiger partial charge in [-0.2, -0.15) is 4.98 Å². The average molecular weight is 391 g/mol. The van der Waals surface area contributed by atoms with Crippen LogP contribution in [-0.2, 0) is 0 Å². The minimum Gasteiger partial charge on any atom is -0.369 e. The molecular formula is C21H25N7O. The Morgan fingerprint density at radius 1 is 0.966 bits per heavy atom. The summed E-state index contributed by atoms with van der Waals surface area (Å²) in [6.45, 7) is 4.06. The summed E-state index contributed by atoms with van der Waals surface area (Å²) in [6, 6.07) is 11.7. The first-order valence-electron chi connectivity index (χ1n) is 10.4. The van der Waals surface area contributed by atoms with Crippen LogP contribution in [-0.4, -0.2) is 45.9 Å². The zero-order valence-corrected chi connectivity index (χ0v) is 16.3. The second-order valence-electron chi connectivity index (χ2n) is 7.73. The van der Waals surface area contributed by atoms with Gasteiger partial charge in [-0.3, -0.25) is 9.36 Å². The van der Waals surface area contributed by atoms with Crippen LogP contribution in [0.5, 0.6) is 0 Å². The van der Waals surface area contributed by atoms with E-state index >= 15 is 0 Å². The SMILES string of the molecule is O=c1ccc2nnc(Nc3ccc(N4CCNCC4)cc3)nc2n1C1CCCC1. The van der Waals surface area contributed by atoms with Crippen molar-refractivity contribution in [1.29, 1.82) is 0 Å². The molecule has 150 valence electrons. The monoisotopic (exact) mass is 391 g/mol. The maximum Gasteiger partial charge on any atom is 0.252 e. The fraction of sp³-hybridized carbons (Fsp3) is 0.429. The van der Waals surface area contributed by atoms with Crippen molar-refractivity contribution in [3.63, 3.8) is 0 Å². The summed E-state index contributed by atoms with van der Waals surface area (Å²) in [6.07, 6.45) is 4.33. The Bertz CT molecular complexity index is 1050. The minimum absolute atomic E-state index is 0.0174. The molecule has 0 spiro atoms. The number of nitrogens with zero attached hydrogens (tertiary/aromatic N) is 5. The molecule has 2 N–H and O–H groups in total. The van der Waals surface area contributed by atoms with Gasteiger partial charge in [0.2, 0.25) is 5.95 Å². The maximum absolute atomic E-state index is 12.5. The van der Waals surface area contributed by atoms with Gasteiger partial charge in [0.25, 0.3) is 5.56 Å². The van der Waals surface area contributed by atoms with Crippen LogP contribution in [0, 0.1) is 0 Å². The van der Waals surface area contributed by atoms with Crippen molar-refractivity contribution in [3.05, 3.63) is 46.8 Å². The van der Waals surface area contributed by atoms with E-state index in [1.165, 1.54) is 5.69 Å². The standard InChI is InChI=1S/C21H25N7O/c29-19-10-9-18-20(28(19)17-3-1-2-4-17)24-21(26-25-18)23-15-5-7-16(8-6-15)27-13-11-22-12-14-27/h5-10,17,22H,1-4,11-14H2,(H,23,24,26). The predicted molar refractivity (Wildman–Crippen MR) is 114 cm³/mol. The molecule has 0 bridgehead atoms. The van der Waals surface area contributed by atoms with E-state index in [4.69, 9.17) is 0 Å². The van der Waals surface area contributed by atoms with Gasteiger partial charge in [-0.1, -0.05) is 12.8 Å². The topological polar surface area (TPSA) is 88.0 Å². The van der Waals surface area contributed by atoms with Crippen LogP contribution in [0.15, 0.2) is 41.2 Å². The second kappa shape index (κ2) is 7.79. The Balaban J connectivity index is 1.41. The molecule has 5 rings (SSSR count). The van der Waals surface area contributed by atoms with E-state index in [9.17, 15) is 4.79 Å². The molecule has 1 saturated carbocycles. The van der Waals surface area contributed by atoms with Crippen molar-refractivity contribution in [1.82, 2.24) is 25.1 Å². The van der Waals surface area contributed by atoms with Crippen LogP contribution in [0.25, 0.3) is 11.2 Å². The molecule has 1 aliphatic carbocycles. The van der Waals surface area contributed by atoms with E-state index < -0.39 is 0 Å². The normalized spacial score (nSPS) is 17.7. The Labute approximate surface area is 169 Å². The third kappa shape index (κ3) is 3.67. The highest BCUT2D eigenvalue weighted by molar-refractivity contribution is 5.71. The summed E-state index contributed by atoms with van der Waals surface area (Å²) in [5, 5.41) is 15.1. The number of aromatic nitrogens is 4. The van der Waals surface area contributed by atoms with Crippen LogP contribution in [0.3, 0.4) is 0 Å². The number of benzene rings is 1. The van der Waals surface area contributed by atoms with Crippen molar-refractivity contribution < 1.29 is 0 Å². The number of rotatable bonds is 4. The Morgan fingerprint density at radius 2 is 1.72 bits per heavy atom. The molecule has 2 aromatic heterocycles. The molecule has 0 atom stereocenters. The molecule has 2 fully saturated rings. The number of hydrogen-bond acceptors (Lipinski definition) is 7. The average Bonchev–Trinajstić information content (AvgIpc) is 3.29. The number of piperazine rings is 1. The highest BCUT2D eigenvalue weighted by Crippen LogP contribution is 2.30. The van der Waals surface area contributed by atoms with E-state index in [2.05, 4.69) is 42.8 Å². The van der Waals surface area contributed by atoms with Gasteiger partial charge in [-0.15, -0.1) is 10.2 Å². The maximum atomic E-state index is 12.5. The number of nitrogens with one attached hydrogen (secondary N) is 2. The van der Waals surface area contributed by atoms with E-state index in [0.717, 1.165) is 57.5 Å². The summed E-state index contributed by atoms with van der Waals surface area (Å²) in [7, 11) is 0. The smallest absolute Gasteiger partial charge is 0.252 e. The van der Waals surface area contributed by atoms with Gasteiger partial charge in [0.05, 0.1) is 0 Å². The fourth-order valence-electron chi connectivity index (χ4n) is 4.32. The molecule has 3 heterocycles. The lowest BCUT2D eigenvalue weighted by Crippen LogP contribution is -2.43. The van der Waals surface area contributed by atoms with E-state index in [-0.39, 0.29) is 11.6 Å². The Hall–Kier alpha value is -3.00. The van der Waals surface area contributed by atoms with Gasteiger partial charge in [0.1, 0.15) is 5.52 Å². The predicted octanol–water partition coefficient (Wildman–Crippen LogP) is 2.45. The largest absolute Gasteiger partial charge is 0.369 e. The molecule has 1 aromatic carbocycles. The number of fused-ring (bicyclic) bond motifs is 1. The summed E-state index contributed by atoms with van der Waals surface area (Å²) < 4.78 is 1.80. The lowest BCUT2D eigenvalue weighted by molar-refractivity contribution is 0.515. The highest BCUT2D eigenvalue weighted by atomic mass is 16.1. The molecule has 8 heteroatoms. The van der Waals surface area contributed by atoms with Crippen LogP contribution in [0.2, 0.25) is 0 Å². The lowest BCUT2D eigenvalue weighted by atomic mass is 10.2. The van der Waals surface area contributed by atoms with Crippen LogP contribution < -0.4 is 21.1 Å². The molecule has 1 saturated heterocycles. The number of hydrogen-bond donors (Lipinski definition) is 2. The van der Waals surface area contributed by atoms with E-state index in [0.29, 0.717) is 17.1 Å². The molecular weight excluding hydrogens is 366 g/mol. The van der Waals surface area contributed by atoms with Crippen LogP contribution in [0.1, 0.15) is 31.7 Å². The number of anilines is 3. The zero-order chi connectivity index (χ0) is 19.6. The van der Waals surface area contributed by atoms with Crippen molar-refractivity contribution in [2.45, 2.75) is 31.7 Å². The Kier molecular flexibility index (Phi) is 4.85. The molecule has 0 unspecified atom stereocenters. The van der Waals surface area contributed by atoms with Crippen molar-refractivity contribution >= 4 is 28.5 Å². The van der Waals surface area contributed by atoms with Gasteiger partial charge in [-0.25, -0.2) is 0 Å². The second-order valence-corrected chi connectivity index (χ2v) is 7.73. The fourth-order valence-corrected chi connectivity index (χ4v) is 4.32. The van der Waals surface area contributed by atoms with Gasteiger partial charge < -0.3 is 15.5 Å². The lowest BCUT2D eigenvalue weighted by Gasteiger charge is -2.29. The van der Waals surface area contributed by atoms with Crippen molar-refractivity contribution in [2.75, 3.05) is 36.4 Å². The molecule has 8 nitrogen and oxygen atoms in total. The Morgan fingerprint density at radius 3 is 2.48 bits per heavy atom. The van der Waals surface area contributed by atoms with E-state index in [1.807, 2.05) is 12.1 Å². The van der Waals surface area contributed by atoms with Crippen molar-refractivity contribution in [2.24, 2.45) is 0 Å². The highest BCUT2D eigenvalue weighted by Gasteiger charge is 2.21. The zero-order valence-electron chi connectivity index (χ0n) is 16.3. The third-order valence-corrected chi connectivity index (χ3v) is 5.84. The molecule has 0 amide bonds. The summed E-state index contributed by atoms with van der Waals surface area (Å²) >= 11 is 0. The first-order chi connectivity index (χ1) is 14.3. The van der Waals surface area contributed by atoms with Crippen molar-refractivity contribution in [3.8, 4) is 0 Å². The molecule has 1 aliphatic heterocycles. The van der Waals surface area contributed by atoms with Gasteiger partial charge in [-0.05, 0) is 43.2 Å². The first-order valence-corrected chi connectivity index (χ1v) is 10.4. The summed E-state index contributed by atoms with van der Waals surface area (Å²) in [4.78, 5) is 19.5. The minimum atomic E-state index is -0.0174. The quantitative estimate of drug-likeness (QED) is 0.706. The van der Waals surface area contributed by atoms with Crippen LogP contribution >= 0.6 is 0 Å². The first kappa shape index (κ1) is 18.1. The molecule has 3 aromatic rings. The van der Waals surface area contributed by atoms with E-state index in [1.54, 1.807) is 16.7 Å². The van der Waals surface area contributed by atoms with Gasteiger partial charge in [0.15, 0.2) is 5.65 Å². The molecule has 0 radical (unpaired) electrons. The summed E-state index contributed by atoms with van der Waals surface area (Å²) in [5.74, 6) is 0.407. The van der Waals surface area contributed by atoms with Gasteiger partial charge >= 0.3 is 0 Å². The number of pyridine rings is 1. The summed E-state index contributed by atoms with van der Waals surface area (Å²) in [5.41, 5.74) is 3.35. The van der Waals surface area contributed by atoms with Crippen LogP contribution in [0.4, 0.5) is 17.3 Å². The molecule has 29 heavy (non-hydrogen) atoms. The van der Waals surface area contributed by atoms with Gasteiger partial charge in [0, 0.05) is 49.7 Å².